The molecule has 4 nitrogen and oxygen atoms in total. The van der Waals surface area contributed by atoms with Crippen LogP contribution in [0, 0.1) is 0 Å². The molecule has 0 saturated carbocycles. The third kappa shape index (κ3) is 0.500. The van der Waals surface area contributed by atoms with E-state index in [1.165, 1.54) is 0 Å². The molecule has 50 valence electrons. The Labute approximate surface area is 56.2 Å². The van der Waals surface area contributed by atoms with E-state index in [1.54, 1.807) is 12.4 Å². The van der Waals surface area contributed by atoms with Crippen molar-refractivity contribution < 1.29 is 4.79 Å². The van der Waals surface area contributed by atoms with Crippen molar-refractivity contribution in [3.8, 4) is 0 Å². The molecule has 0 aliphatic rings. The summed E-state index contributed by atoms with van der Waals surface area (Å²) in [6, 6.07) is 0. The molecule has 2 heterocycles. The molecule has 0 spiro atoms. The van der Waals surface area contributed by atoms with Crippen molar-refractivity contribution >= 4 is 17.3 Å². The Morgan fingerprint density at radius 2 is 2.50 bits per heavy atom. The van der Waals surface area contributed by atoms with Crippen molar-refractivity contribution in [1.82, 2.24) is 15.2 Å². The van der Waals surface area contributed by atoms with Gasteiger partial charge in [0.2, 0.25) is 0 Å². The van der Waals surface area contributed by atoms with Crippen molar-refractivity contribution in [2.24, 2.45) is 0 Å². The Bertz CT molecular complexity index is 360. The summed E-state index contributed by atoms with van der Waals surface area (Å²) in [5, 5.41) is 7.31. The van der Waals surface area contributed by atoms with Gasteiger partial charge in [0.05, 0.1) is 6.20 Å². The zero-order chi connectivity index (χ0) is 6.97. The van der Waals surface area contributed by atoms with Crippen LogP contribution in [0.15, 0.2) is 12.4 Å². The lowest BCUT2D eigenvalue weighted by molar-refractivity contribution is 0.112. The molecule has 10 heavy (non-hydrogen) atoms. The maximum Gasteiger partial charge on any atom is 0.152 e. The Morgan fingerprint density at radius 1 is 1.60 bits per heavy atom. The van der Waals surface area contributed by atoms with E-state index in [9.17, 15) is 4.79 Å². The highest BCUT2D eigenvalue weighted by molar-refractivity contribution is 5.95. The van der Waals surface area contributed by atoms with Crippen molar-refractivity contribution in [3.63, 3.8) is 0 Å². The van der Waals surface area contributed by atoms with Gasteiger partial charge in [-0.3, -0.25) is 9.89 Å². The van der Waals surface area contributed by atoms with Gasteiger partial charge in [-0.25, -0.2) is 0 Å². The number of aromatic nitrogens is 3. The number of hydrogen-bond donors (Lipinski definition) is 2. The van der Waals surface area contributed by atoms with E-state index in [4.69, 9.17) is 0 Å². The standard InChI is InChI=1S/C6H5N3O/c10-3-4-1-7-6-5(4)2-8-9-6/h1-3H,(H2,7,8,9). The minimum Gasteiger partial charge on any atom is -0.346 e. The SMILES string of the molecule is O=Cc1c[nH]c2[nH]ncc12. The Kier molecular flexibility index (Phi) is 0.887. The first-order chi connectivity index (χ1) is 4.92. The van der Waals surface area contributed by atoms with Crippen LogP contribution < -0.4 is 0 Å². The monoisotopic (exact) mass is 135 g/mol. The Balaban J connectivity index is 2.88. The normalized spacial score (nSPS) is 10.4. The minimum absolute atomic E-state index is 0.642. The van der Waals surface area contributed by atoms with Gasteiger partial charge in [-0.2, -0.15) is 5.10 Å². The maximum absolute atomic E-state index is 10.3. The smallest absolute Gasteiger partial charge is 0.152 e. The first kappa shape index (κ1) is 5.22. The van der Waals surface area contributed by atoms with Gasteiger partial charge >= 0.3 is 0 Å². The fourth-order valence-electron chi connectivity index (χ4n) is 0.940. The van der Waals surface area contributed by atoms with E-state index in [0.29, 0.717) is 5.56 Å². The Morgan fingerprint density at radius 3 is 3.30 bits per heavy atom. The number of aldehydes is 1. The summed E-state index contributed by atoms with van der Waals surface area (Å²) in [5.41, 5.74) is 1.44. The molecule has 0 aliphatic carbocycles. The molecule has 4 heteroatoms. The summed E-state index contributed by atoms with van der Waals surface area (Å²) in [4.78, 5) is 13.2. The molecule has 0 aliphatic heterocycles. The summed E-state index contributed by atoms with van der Waals surface area (Å²) in [5.74, 6) is 0. The van der Waals surface area contributed by atoms with Crippen molar-refractivity contribution in [2.75, 3.05) is 0 Å². The van der Waals surface area contributed by atoms with Crippen LogP contribution >= 0.6 is 0 Å². The third-order valence-corrected chi connectivity index (χ3v) is 1.45. The van der Waals surface area contributed by atoms with Gasteiger partial charge in [-0.05, 0) is 0 Å². The highest BCUT2D eigenvalue weighted by Crippen LogP contribution is 2.11. The van der Waals surface area contributed by atoms with E-state index in [2.05, 4.69) is 15.2 Å². The first-order valence-corrected chi connectivity index (χ1v) is 2.87. The summed E-state index contributed by atoms with van der Waals surface area (Å²) >= 11 is 0. The molecule has 2 N–H and O–H groups in total. The molecule has 0 atom stereocenters. The van der Waals surface area contributed by atoms with Crippen LogP contribution in [-0.2, 0) is 0 Å². The van der Waals surface area contributed by atoms with Crippen LogP contribution in [-0.4, -0.2) is 21.5 Å². The molecule has 0 bridgehead atoms. The molecule has 0 aromatic carbocycles. The largest absolute Gasteiger partial charge is 0.346 e. The van der Waals surface area contributed by atoms with Crippen LogP contribution in [0.4, 0.5) is 0 Å². The molecule has 2 aromatic rings. The molecule has 0 saturated heterocycles. The quantitative estimate of drug-likeness (QED) is 0.565. The fraction of sp³-hybridized carbons (Fsp3) is 0. The van der Waals surface area contributed by atoms with E-state index in [1.807, 2.05) is 0 Å². The lowest BCUT2D eigenvalue weighted by Gasteiger charge is -1.73. The minimum atomic E-state index is 0.642. The lowest BCUT2D eigenvalue weighted by atomic mass is 10.3. The number of carbonyl (C=O) groups excluding carboxylic acids is 1. The summed E-state index contributed by atoms with van der Waals surface area (Å²) in [6.07, 6.45) is 4.07. The topological polar surface area (TPSA) is 61.5 Å². The highest BCUT2D eigenvalue weighted by Gasteiger charge is 2.01. The molecule has 2 rings (SSSR count). The molecular formula is C6H5N3O. The van der Waals surface area contributed by atoms with Crippen LogP contribution in [0.3, 0.4) is 0 Å². The molecule has 2 aromatic heterocycles. The maximum atomic E-state index is 10.3. The van der Waals surface area contributed by atoms with E-state index in [0.717, 1.165) is 17.3 Å². The molecular weight excluding hydrogens is 130 g/mol. The molecule has 0 amide bonds. The number of nitrogens with one attached hydrogen (secondary N) is 2. The van der Waals surface area contributed by atoms with Crippen LogP contribution in [0.2, 0.25) is 0 Å². The number of H-pyrrole nitrogens is 2. The van der Waals surface area contributed by atoms with Gasteiger partial charge in [0.15, 0.2) is 6.29 Å². The summed E-state index contributed by atoms with van der Waals surface area (Å²) in [6.45, 7) is 0. The highest BCUT2D eigenvalue weighted by atomic mass is 16.1. The lowest BCUT2D eigenvalue weighted by Crippen LogP contribution is -1.70. The van der Waals surface area contributed by atoms with E-state index in [-0.39, 0.29) is 0 Å². The van der Waals surface area contributed by atoms with Gasteiger partial charge in [0.25, 0.3) is 0 Å². The van der Waals surface area contributed by atoms with E-state index < -0.39 is 0 Å². The molecule has 0 fully saturated rings. The summed E-state index contributed by atoms with van der Waals surface area (Å²) < 4.78 is 0. The predicted octanol–water partition coefficient (Wildman–Crippen LogP) is 0.703. The van der Waals surface area contributed by atoms with Gasteiger partial charge in [0.1, 0.15) is 5.65 Å². The zero-order valence-electron chi connectivity index (χ0n) is 5.09. The van der Waals surface area contributed by atoms with Crippen LogP contribution in [0.25, 0.3) is 11.0 Å². The second-order valence-electron chi connectivity index (χ2n) is 2.02. The van der Waals surface area contributed by atoms with Crippen molar-refractivity contribution in [3.05, 3.63) is 18.0 Å². The Hall–Kier alpha value is -1.58. The van der Waals surface area contributed by atoms with Gasteiger partial charge in [0, 0.05) is 17.1 Å². The van der Waals surface area contributed by atoms with Gasteiger partial charge in [-0.1, -0.05) is 0 Å². The van der Waals surface area contributed by atoms with Crippen molar-refractivity contribution in [1.29, 1.82) is 0 Å². The number of hydrogen-bond acceptors (Lipinski definition) is 2. The second-order valence-corrected chi connectivity index (χ2v) is 2.02. The molecule has 0 radical (unpaired) electrons. The summed E-state index contributed by atoms with van der Waals surface area (Å²) in [7, 11) is 0. The van der Waals surface area contributed by atoms with Crippen molar-refractivity contribution in [2.45, 2.75) is 0 Å². The fourth-order valence-corrected chi connectivity index (χ4v) is 0.940. The van der Waals surface area contributed by atoms with Gasteiger partial charge in [-0.15, -0.1) is 0 Å². The number of nitrogens with zero attached hydrogens (tertiary/aromatic N) is 1. The molecule has 0 unspecified atom stereocenters. The average Bonchev–Trinajstić information content (AvgIpc) is 2.44. The van der Waals surface area contributed by atoms with Crippen LogP contribution in [0.5, 0.6) is 0 Å². The number of fused-ring (bicyclic) bond motifs is 1. The third-order valence-electron chi connectivity index (χ3n) is 1.45. The number of aromatic amines is 2. The van der Waals surface area contributed by atoms with E-state index >= 15 is 0 Å². The number of carbonyl (C=O) groups is 1. The first-order valence-electron chi connectivity index (χ1n) is 2.87. The zero-order valence-corrected chi connectivity index (χ0v) is 5.09. The van der Waals surface area contributed by atoms with Gasteiger partial charge < -0.3 is 4.98 Å². The van der Waals surface area contributed by atoms with Crippen LogP contribution in [0.1, 0.15) is 10.4 Å². The second kappa shape index (κ2) is 1.70. The predicted molar refractivity (Wildman–Crippen MR) is 35.8 cm³/mol. The number of rotatable bonds is 1. The average molecular weight is 135 g/mol.